The lowest BCUT2D eigenvalue weighted by Crippen LogP contribution is -2.38. The minimum absolute atomic E-state index is 0.00615. The maximum absolute atomic E-state index is 14.8. The molecule has 7 nitrogen and oxygen atoms in total. The summed E-state index contributed by atoms with van der Waals surface area (Å²) < 4.78 is 23.0. The van der Waals surface area contributed by atoms with Gasteiger partial charge in [0.1, 0.15) is 11.9 Å². The molecule has 2 atom stereocenters. The molecule has 0 spiro atoms. The van der Waals surface area contributed by atoms with E-state index in [1.807, 2.05) is 18.6 Å². The molecule has 0 saturated carbocycles. The van der Waals surface area contributed by atoms with Crippen molar-refractivity contribution in [2.45, 2.75) is 37.8 Å². The lowest BCUT2D eigenvalue weighted by molar-refractivity contribution is 0.166. The molecule has 32 heavy (non-hydrogen) atoms. The number of imidazole rings is 1. The van der Waals surface area contributed by atoms with Crippen molar-refractivity contribution in [3.05, 3.63) is 54.5 Å². The van der Waals surface area contributed by atoms with E-state index in [9.17, 15) is 4.39 Å². The van der Waals surface area contributed by atoms with Gasteiger partial charge in [-0.3, -0.25) is 0 Å². The monoisotopic (exact) mass is 434 g/mol. The number of fused-ring (bicyclic) bond motifs is 3. The number of ether oxygens (including phenoxy) is 1. The second-order valence-corrected chi connectivity index (χ2v) is 8.96. The van der Waals surface area contributed by atoms with E-state index in [0.29, 0.717) is 5.92 Å². The van der Waals surface area contributed by atoms with Crippen molar-refractivity contribution in [1.82, 2.24) is 24.8 Å². The molecule has 2 fully saturated rings. The van der Waals surface area contributed by atoms with E-state index in [0.717, 1.165) is 80.4 Å². The molecule has 1 N–H and O–H groups in total. The summed E-state index contributed by atoms with van der Waals surface area (Å²) in [5, 5.41) is 3.36. The lowest BCUT2D eigenvalue weighted by atomic mass is 9.85. The average molecular weight is 435 g/mol. The van der Waals surface area contributed by atoms with Crippen LogP contribution < -0.4 is 15.0 Å². The molecule has 2 aromatic heterocycles. The zero-order chi connectivity index (χ0) is 21.5. The number of piperidine rings is 2. The van der Waals surface area contributed by atoms with Crippen molar-refractivity contribution >= 4 is 5.95 Å². The number of hydrogen-bond donors (Lipinski definition) is 1. The second kappa shape index (κ2) is 8.16. The highest BCUT2D eigenvalue weighted by Gasteiger charge is 2.38. The Balaban J connectivity index is 1.13. The van der Waals surface area contributed by atoms with E-state index >= 15 is 0 Å². The van der Waals surface area contributed by atoms with Gasteiger partial charge >= 0.3 is 0 Å². The molecule has 0 bridgehead atoms. The SMILES string of the molecule is Fc1cccc2c1C(C1CCN(c3ncc(OC4CCCNC4)cn3)CC1)n1cncc1-2. The first-order valence-corrected chi connectivity index (χ1v) is 11.5. The maximum atomic E-state index is 14.8. The highest BCUT2D eigenvalue weighted by Crippen LogP contribution is 2.46. The van der Waals surface area contributed by atoms with Crippen LogP contribution in [0.2, 0.25) is 0 Å². The number of benzene rings is 1. The van der Waals surface area contributed by atoms with Crippen LogP contribution in [0.15, 0.2) is 43.1 Å². The summed E-state index contributed by atoms with van der Waals surface area (Å²) in [6.45, 7) is 3.63. The molecule has 2 saturated heterocycles. The fourth-order valence-corrected chi connectivity index (χ4v) is 5.46. The number of nitrogens with zero attached hydrogens (tertiary/aromatic N) is 5. The molecule has 8 heteroatoms. The highest BCUT2D eigenvalue weighted by atomic mass is 19.1. The standard InChI is InChI=1S/C24H27FN6O/c25-20-5-1-4-19-21-14-27-15-31(21)23(22(19)20)16-6-9-30(10-7-16)24-28-12-18(13-29-24)32-17-3-2-8-26-11-17/h1,4-5,12-17,23,26H,2-3,6-11H2. The number of nitrogens with one attached hydrogen (secondary N) is 1. The average Bonchev–Trinajstić information content (AvgIpc) is 3.43. The van der Waals surface area contributed by atoms with Crippen LogP contribution in [0.25, 0.3) is 11.3 Å². The minimum atomic E-state index is -0.120. The maximum Gasteiger partial charge on any atom is 0.225 e. The van der Waals surface area contributed by atoms with Crippen molar-refractivity contribution in [2.75, 3.05) is 31.1 Å². The Hall–Kier alpha value is -3.00. The van der Waals surface area contributed by atoms with Crippen LogP contribution >= 0.6 is 0 Å². The quantitative estimate of drug-likeness (QED) is 0.679. The normalized spacial score (nSPS) is 23.1. The Morgan fingerprint density at radius 1 is 1.06 bits per heavy atom. The summed E-state index contributed by atoms with van der Waals surface area (Å²) in [5.74, 6) is 1.69. The molecule has 0 aliphatic carbocycles. The van der Waals surface area contributed by atoms with E-state index in [4.69, 9.17) is 4.74 Å². The fraction of sp³-hybridized carbons (Fsp3) is 0.458. The number of rotatable bonds is 4. The van der Waals surface area contributed by atoms with Gasteiger partial charge in [0.15, 0.2) is 5.75 Å². The van der Waals surface area contributed by atoms with Crippen molar-refractivity contribution in [3.8, 4) is 17.0 Å². The van der Waals surface area contributed by atoms with Gasteiger partial charge in [0.2, 0.25) is 5.95 Å². The van der Waals surface area contributed by atoms with Gasteiger partial charge in [0, 0.05) is 30.8 Å². The smallest absolute Gasteiger partial charge is 0.225 e. The number of halogens is 1. The van der Waals surface area contributed by atoms with Gasteiger partial charge in [0.25, 0.3) is 0 Å². The van der Waals surface area contributed by atoms with Gasteiger partial charge in [-0.05, 0) is 44.2 Å². The summed E-state index contributed by atoms with van der Waals surface area (Å²) in [5.41, 5.74) is 2.80. The van der Waals surface area contributed by atoms with E-state index in [2.05, 4.69) is 29.7 Å². The Labute approximate surface area is 186 Å². The summed E-state index contributed by atoms with van der Waals surface area (Å²) >= 11 is 0. The van der Waals surface area contributed by atoms with Crippen LogP contribution in [0.3, 0.4) is 0 Å². The summed E-state index contributed by atoms with van der Waals surface area (Å²) in [7, 11) is 0. The number of anilines is 1. The lowest BCUT2D eigenvalue weighted by Gasteiger charge is -2.35. The highest BCUT2D eigenvalue weighted by molar-refractivity contribution is 5.69. The van der Waals surface area contributed by atoms with Crippen molar-refractivity contribution in [2.24, 2.45) is 5.92 Å². The molecule has 3 aromatic rings. The Morgan fingerprint density at radius 3 is 2.69 bits per heavy atom. The third kappa shape index (κ3) is 3.43. The Kier molecular flexibility index (Phi) is 5.02. The summed E-state index contributed by atoms with van der Waals surface area (Å²) in [6.07, 6.45) is 11.5. The van der Waals surface area contributed by atoms with E-state index < -0.39 is 0 Å². The third-order valence-corrected chi connectivity index (χ3v) is 7.03. The molecular weight excluding hydrogens is 407 g/mol. The molecule has 1 aromatic carbocycles. The molecule has 0 amide bonds. The Morgan fingerprint density at radius 2 is 1.91 bits per heavy atom. The van der Waals surface area contributed by atoms with Crippen molar-refractivity contribution in [1.29, 1.82) is 0 Å². The molecule has 2 unspecified atom stereocenters. The number of aromatic nitrogens is 4. The molecule has 5 heterocycles. The van der Waals surface area contributed by atoms with E-state index in [1.165, 1.54) is 0 Å². The van der Waals surface area contributed by atoms with Crippen molar-refractivity contribution in [3.63, 3.8) is 0 Å². The van der Waals surface area contributed by atoms with E-state index in [-0.39, 0.29) is 18.0 Å². The van der Waals surface area contributed by atoms with Crippen LogP contribution in [-0.4, -0.2) is 51.8 Å². The fourth-order valence-electron chi connectivity index (χ4n) is 5.46. The van der Waals surface area contributed by atoms with Crippen LogP contribution in [0.4, 0.5) is 10.3 Å². The minimum Gasteiger partial charge on any atom is -0.486 e. The van der Waals surface area contributed by atoms with Crippen LogP contribution in [-0.2, 0) is 0 Å². The largest absolute Gasteiger partial charge is 0.486 e. The zero-order valence-electron chi connectivity index (χ0n) is 18.0. The Bertz CT molecular complexity index is 1090. The van der Waals surface area contributed by atoms with Gasteiger partial charge in [-0.2, -0.15) is 0 Å². The zero-order valence-corrected chi connectivity index (χ0v) is 18.0. The predicted octanol–water partition coefficient (Wildman–Crippen LogP) is 3.43. The predicted molar refractivity (Wildman–Crippen MR) is 119 cm³/mol. The molecule has 3 aliphatic heterocycles. The van der Waals surface area contributed by atoms with Crippen LogP contribution in [0.5, 0.6) is 5.75 Å². The van der Waals surface area contributed by atoms with Crippen LogP contribution in [0, 0.1) is 11.7 Å². The molecule has 3 aliphatic rings. The summed E-state index contributed by atoms with van der Waals surface area (Å²) in [4.78, 5) is 15.7. The van der Waals surface area contributed by atoms with Crippen molar-refractivity contribution < 1.29 is 9.13 Å². The van der Waals surface area contributed by atoms with Gasteiger partial charge in [0.05, 0.1) is 36.7 Å². The first-order valence-electron chi connectivity index (χ1n) is 11.5. The number of hydrogen-bond acceptors (Lipinski definition) is 6. The first kappa shape index (κ1) is 19.7. The molecule has 166 valence electrons. The first-order chi connectivity index (χ1) is 15.8. The summed E-state index contributed by atoms with van der Waals surface area (Å²) in [6, 6.07) is 5.36. The van der Waals surface area contributed by atoms with Gasteiger partial charge in [-0.25, -0.2) is 19.3 Å². The third-order valence-electron chi connectivity index (χ3n) is 7.03. The van der Waals surface area contributed by atoms with E-state index in [1.54, 1.807) is 24.5 Å². The van der Waals surface area contributed by atoms with Gasteiger partial charge in [-0.1, -0.05) is 12.1 Å². The topological polar surface area (TPSA) is 68.1 Å². The second-order valence-electron chi connectivity index (χ2n) is 8.96. The van der Waals surface area contributed by atoms with Crippen LogP contribution in [0.1, 0.15) is 37.3 Å². The van der Waals surface area contributed by atoms with Gasteiger partial charge in [-0.15, -0.1) is 0 Å². The van der Waals surface area contributed by atoms with Gasteiger partial charge < -0.3 is 19.5 Å². The molecular formula is C24H27FN6O. The molecule has 6 rings (SSSR count). The molecule has 0 radical (unpaired) electrons.